The molecule has 2 aliphatic rings. The van der Waals surface area contributed by atoms with Crippen LogP contribution in [-0.4, -0.2) is 25.5 Å². The molecule has 0 atom stereocenters. The van der Waals surface area contributed by atoms with Gasteiger partial charge in [0.25, 0.3) is 0 Å². The van der Waals surface area contributed by atoms with Gasteiger partial charge < -0.3 is 10.2 Å². The maximum atomic E-state index is 4.46. The Bertz CT molecular complexity index is 409. The second-order valence-electron chi connectivity index (χ2n) is 3.82. The molecule has 3 rings (SSSR count). The zero-order chi connectivity index (χ0) is 9.54. The van der Waals surface area contributed by atoms with Crippen molar-refractivity contribution in [1.82, 2.24) is 0 Å². The fourth-order valence-corrected chi connectivity index (χ4v) is 2.11. The van der Waals surface area contributed by atoms with E-state index in [0.29, 0.717) is 0 Å². The number of anilines is 2. The highest BCUT2D eigenvalue weighted by atomic mass is 15.3. The van der Waals surface area contributed by atoms with Crippen LogP contribution in [0.4, 0.5) is 11.4 Å². The summed E-state index contributed by atoms with van der Waals surface area (Å²) in [5.41, 5.74) is 3.82. The topological polar surface area (TPSA) is 27.6 Å². The third-order valence-electron chi connectivity index (χ3n) is 2.81. The van der Waals surface area contributed by atoms with E-state index in [1.54, 1.807) is 0 Å². The summed E-state index contributed by atoms with van der Waals surface area (Å²) in [5.74, 6) is 1.18. The van der Waals surface area contributed by atoms with Crippen molar-refractivity contribution in [3.8, 4) is 0 Å². The van der Waals surface area contributed by atoms with E-state index in [0.717, 1.165) is 19.6 Å². The highest BCUT2D eigenvalue weighted by Gasteiger charge is 2.24. The first-order valence-corrected chi connectivity index (χ1v) is 5.00. The van der Waals surface area contributed by atoms with Gasteiger partial charge in [0.2, 0.25) is 0 Å². The second kappa shape index (κ2) is 2.74. The molecule has 72 valence electrons. The van der Waals surface area contributed by atoms with Crippen molar-refractivity contribution in [2.24, 2.45) is 4.99 Å². The van der Waals surface area contributed by atoms with Gasteiger partial charge in [0.15, 0.2) is 0 Å². The molecule has 1 aromatic rings. The average Bonchev–Trinajstić information content (AvgIpc) is 2.65. The molecule has 1 N–H and O–H groups in total. The summed E-state index contributed by atoms with van der Waals surface area (Å²) in [7, 11) is 0. The van der Waals surface area contributed by atoms with Gasteiger partial charge in [0, 0.05) is 6.54 Å². The van der Waals surface area contributed by atoms with E-state index >= 15 is 0 Å². The zero-order valence-corrected chi connectivity index (χ0v) is 8.25. The van der Waals surface area contributed by atoms with Gasteiger partial charge in [-0.3, -0.25) is 4.99 Å². The number of rotatable bonds is 0. The molecule has 3 heteroatoms. The van der Waals surface area contributed by atoms with Crippen LogP contribution >= 0.6 is 0 Å². The number of amidine groups is 1. The number of aryl methyl sites for hydroxylation is 1. The Morgan fingerprint density at radius 1 is 1.43 bits per heavy atom. The molecule has 0 radical (unpaired) electrons. The molecule has 0 unspecified atom stereocenters. The minimum Gasteiger partial charge on any atom is -0.376 e. The number of nitrogens with one attached hydrogen (secondary N) is 1. The highest BCUT2D eigenvalue weighted by Crippen LogP contribution is 2.31. The van der Waals surface area contributed by atoms with E-state index < -0.39 is 0 Å². The molecule has 0 bridgehead atoms. The van der Waals surface area contributed by atoms with Crippen LogP contribution in [0.15, 0.2) is 23.2 Å². The predicted octanol–water partition coefficient (Wildman–Crippen LogP) is 1.64. The molecule has 0 saturated heterocycles. The molecule has 2 aliphatic heterocycles. The van der Waals surface area contributed by atoms with Gasteiger partial charge in [-0.25, -0.2) is 0 Å². The summed E-state index contributed by atoms with van der Waals surface area (Å²) in [5, 5.41) is 3.40. The Morgan fingerprint density at radius 2 is 2.36 bits per heavy atom. The Balaban J connectivity index is 2.11. The lowest BCUT2D eigenvalue weighted by atomic mass is 10.1. The van der Waals surface area contributed by atoms with E-state index in [4.69, 9.17) is 0 Å². The fourth-order valence-electron chi connectivity index (χ4n) is 2.11. The Hall–Kier alpha value is -1.51. The molecular weight excluding hydrogens is 174 g/mol. The maximum absolute atomic E-state index is 4.46. The first-order chi connectivity index (χ1) is 6.84. The maximum Gasteiger partial charge on any atom is 0.123 e. The van der Waals surface area contributed by atoms with Crippen molar-refractivity contribution >= 4 is 17.2 Å². The molecule has 3 nitrogen and oxygen atoms in total. The first-order valence-electron chi connectivity index (χ1n) is 5.00. The number of nitrogens with zero attached hydrogens (tertiary/aromatic N) is 2. The minimum absolute atomic E-state index is 0.871. The second-order valence-corrected chi connectivity index (χ2v) is 3.82. The molecular formula is C11H13N3. The number of fused-ring (bicyclic) bond motifs is 3. The average molecular weight is 187 g/mol. The lowest BCUT2D eigenvalue weighted by Crippen LogP contribution is -2.37. The highest BCUT2D eigenvalue weighted by molar-refractivity contribution is 6.07. The third-order valence-corrected chi connectivity index (χ3v) is 2.81. The predicted molar refractivity (Wildman–Crippen MR) is 59.3 cm³/mol. The lowest BCUT2D eigenvalue weighted by Gasteiger charge is -2.29. The SMILES string of the molecule is Cc1ccc2c(c1)NCC1=NCCN12. The summed E-state index contributed by atoms with van der Waals surface area (Å²) in [6.07, 6.45) is 0. The number of benzene rings is 1. The Kier molecular flexibility index (Phi) is 1.54. The van der Waals surface area contributed by atoms with Crippen LogP contribution in [0, 0.1) is 6.92 Å². The van der Waals surface area contributed by atoms with E-state index in [-0.39, 0.29) is 0 Å². The zero-order valence-electron chi connectivity index (χ0n) is 8.25. The number of hydrogen-bond donors (Lipinski definition) is 1. The van der Waals surface area contributed by atoms with Gasteiger partial charge >= 0.3 is 0 Å². The lowest BCUT2D eigenvalue weighted by molar-refractivity contribution is 1.01. The van der Waals surface area contributed by atoms with Crippen molar-refractivity contribution in [3.63, 3.8) is 0 Å². The van der Waals surface area contributed by atoms with Crippen LogP contribution in [0.25, 0.3) is 0 Å². The third kappa shape index (κ3) is 1.02. The van der Waals surface area contributed by atoms with E-state index in [2.05, 4.69) is 40.3 Å². The molecule has 1 aromatic carbocycles. The monoisotopic (exact) mass is 187 g/mol. The van der Waals surface area contributed by atoms with Crippen LogP contribution in [0.5, 0.6) is 0 Å². The molecule has 0 aromatic heterocycles. The summed E-state index contributed by atoms with van der Waals surface area (Å²) < 4.78 is 0. The summed E-state index contributed by atoms with van der Waals surface area (Å²) >= 11 is 0. The fraction of sp³-hybridized carbons (Fsp3) is 0.364. The number of hydrogen-bond acceptors (Lipinski definition) is 3. The minimum atomic E-state index is 0.871. The van der Waals surface area contributed by atoms with Crippen molar-refractivity contribution in [2.75, 3.05) is 29.9 Å². The molecule has 2 heterocycles. The van der Waals surface area contributed by atoms with Gasteiger partial charge in [-0.2, -0.15) is 0 Å². The Morgan fingerprint density at radius 3 is 3.29 bits per heavy atom. The Labute approximate surface area is 83.4 Å². The van der Waals surface area contributed by atoms with E-state index in [1.807, 2.05) is 0 Å². The molecule has 0 saturated carbocycles. The van der Waals surface area contributed by atoms with Crippen LogP contribution in [-0.2, 0) is 0 Å². The normalized spacial score (nSPS) is 18.4. The van der Waals surface area contributed by atoms with Crippen molar-refractivity contribution in [2.45, 2.75) is 6.92 Å². The summed E-state index contributed by atoms with van der Waals surface area (Å²) in [6, 6.07) is 6.53. The van der Waals surface area contributed by atoms with E-state index in [9.17, 15) is 0 Å². The van der Waals surface area contributed by atoms with Gasteiger partial charge in [0.1, 0.15) is 5.84 Å². The molecule has 0 spiro atoms. The van der Waals surface area contributed by atoms with Gasteiger partial charge in [-0.15, -0.1) is 0 Å². The molecule has 14 heavy (non-hydrogen) atoms. The van der Waals surface area contributed by atoms with E-state index in [1.165, 1.54) is 22.8 Å². The number of aliphatic imine (C=N–C) groups is 1. The summed E-state index contributed by atoms with van der Waals surface area (Å²) in [4.78, 5) is 6.77. The molecule has 0 fully saturated rings. The summed E-state index contributed by atoms with van der Waals surface area (Å²) in [6.45, 7) is 4.96. The van der Waals surface area contributed by atoms with Gasteiger partial charge in [-0.05, 0) is 24.6 Å². The smallest absolute Gasteiger partial charge is 0.123 e. The molecule has 0 aliphatic carbocycles. The van der Waals surface area contributed by atoms with Crippen molar-refractivity contribution < 1.29 is 0 Å². The standard InChI is InChI=1S/C11H13N3/c1-8-2-3-10-9(6-8)13-7-11-12-4-5-14(10)11/h2-3,6,13H,4-5,7H2,1H3. The van der Waals surface area contributed by atoms with Crippen molar-refractivity contribution in [3.05, 3.63) is 23.8 Å². The van der Waals surface area contributed by atoms with Crippen LogP contribution < -0.4 is 10.2 Å². The van der Waals surface area contributed by atoms with Crippen molar-refractivity contribution in [1.29, 1.82) is 0 Å². The largest absolute Gasteiger partial charge is 0.376 e. The van der Waals surface area contributed by atoms with Gasteiger partial charge in [0.05, 0.1) is 24.5 Å². The van der Waals surface area contributed by atoms with Crippen LogP contribution in [0.3, 0.4) is 0 Å². The van der Waals surface area contributed by atoms with Crippen LogP contribution in [0.2, 0.25) is 0 Å². The molecule has 0 amide bonds. The van der Waals surface area contributed by atoms with Crippen LogP contribution in [0.1, 0.15) is 5.56 Å². The quantitative estimate of drug-likeness (QED) is 0.668. The first kappa shape index (κ1) is 7.85. The van der Waals surface area contributed by atoms with Gasteiger partial charge in [-0.1, -0.05) is 6.07 Å².